The summed E-state index contributed by atoms with van der Waals surface area (Å²) >= 11 is 0. The first-order chi connectivity index (χ1) is 8.22. The lowest BCUT2D eigenvalue weighted by Gasteiger charge is -2.37. The van der Waals surface area contributed by atoms with Crippen molar-refractivity contribution in [3.63, 3.8) is 0 Å². The minimum absolute atomic E-state index is 0.107. The highest BCUT2D eigenvalue weighted by Gasteiger charge is 2.21. The highest BCUT2D eigenvalue weighted by molar-refractivity contribution is 5.49. The van der Waals surface area contributed by atoms with Crippen LogP contribution in [0.1, 0.15) is 31.9 Å². The Morgan fingerprint density at radius 1 is 1.41 bits per heavy atom. The fraction of sp³-hybridized carbons (Fsp3) is 0.571. The zero-order chi connectivity index (χ0) is 12.3. The van der Waals surface area contributed by atoms with Crippen LogP contribution in [0.25, 0.3) is 0 Å². The number of anilines is 1. The van der Waals surface area contributed by atoms with Gasteiger partial charge in [-0.15, -0.1) is 0 Å². The van der Waals surface area contributed by atoms with Crippen LogP contribution in [-0.2, 0) is 4.74 Å². The van der Waals surface area contributed by atoms with Gasteiger partial charge < -0.3 is 15.4 Å². The molecule has 1 saturated heterocycles. The Morgan fingerprint density at radius 2 is 2.12 bits per heavy atom. The smallest absolute Gasteiger partial charge is 0.0670 e. The minimum Gasteiger partial charge on any atom is -0.377 e. The van der Waals surface area contributed by atoms with Gasteiger partial charge in [-0.25, -0.2) is 0 Å². The summed E-state index contributed by atoms with van der Waals surface area (Å²) in [6, 6.07) is 9.21. The summed E-state index contributed by atoms with van der Waals surface area (Å²) in [5.41, 5.74) is 8.33. The molecule has 2 N–H and O–H groups in total. The molecule has 1 aliphatic heterocycles. The van der Waals surface area contributed by atoms with Gasteiger partial charge in [0.25, 0.3) is 0 Å². The Bertz CT molecular complexity index is 348. The average Bonchev–Trinajstić information content (AvgIpc) is 2.39. The van der Waals surface area contributed by atoms with Crippen LogP contribution in [0.4, 0.5) is 5.69 Å². The van der Waals surface area contributed by atoms with Crippen LogP contribution in [0.3, 0.4) is 0 Å². The average molecular weight is 234 g/mol. The van der Waals surface area contributed by atoms with E-state index in [1.165, 1.54) is 11.3 Å². The van der Waals surface area contributed by atoms with Crippen molar-refractivity contribution >= 4 is 5.69 Å². The van der Waals surface area contributed by atoms with E-state index >= 15 is 0 Å². The van der Waals surface area contributed by atoms with Crippen molar-refractivity contribution in [2.24, 2.45) is 5.73 Å². The standard InChI is InChI=1S/C14H22N2O/c1-3-13-10-17-9-8-16(13)14-6-4-12(5-7-14)11(2)15/h4-7,11,13H,3,8-10,15H2,1-2H3. The van der Waals surface area contributed by atoms with Crippen molar-refractivity contribution in [1.29, 1.82) is 0 Å². The largest absolute Gasteiger partial charge is 0.377 e. The zero-order valence-corrected chi connectivity index (χ0v) is 10.7. The number of nitrogens with zero attached hydrogens (tertiary/aromatic N) is 1. The number of benzene rings is 1. The van der Waals surface area contributed by atoms with Crippen LogP contribution in [-0.4, -0.2) is 25.8 Å². The third-order valence-electron chi connectivity index (χ3n) is 3.45. The van der Waals surface area contributed by atoms with Crippen LogP contribution in [0, 0.1) is 0 Å². The molecule has 0 spiro atoms. The third kappa shape index (κ3) is 2.79. The summed E-state index contributed by atoms with van der Waals surface area (Å²) in [5, 5.41) is 0. The van der Waals surface area contributed by atoms with Crippen molar-refractivity contribution in [2.45, 2.75) is 32.4 Å². The topological polar surface area (TPSA) is 38.5 Å². The molecule has 2 unspecified atom stereocenters. The second-order valence-corrected chi connectivity index (χ2v) is 4.71. The van der Waals surface area contributed by atoms with Gasteiger partial charge >= 0.3 is 0 Å². The molecule has 0 bridgehead atoms. The normalized spacial score (nSPS) is 22.5. The lowest BCUT2D eigenvalue weighted by Crippen LogP contribution is -2.45. The van der Waals surface area contributed by atoms with E-state index in [1.807, 2.05) is 6.92 Å². The van der Waals surface area contributed by atoms with E-state index in [4.69, 9.17) is 10.5 Å². The first-order valence-corrected chi connectivity index (χ1v) is 6.42. The van der Waals surface area contributed by atoms with Crippen LogP contribution in [0.2, 0.25) is 0 Å². The van der Waals surface area contributed by atoms with Gasteiger partial charge in [0.2, 0.25) is 0 Å². The van der Waals surface area contributed by atoms with E-state index in [-0.39, 0.29) is 6.04 Å². The van der Waals surface area contributed by atoms with Gasteiger partial charge in [0.15, 0.2) is 0 Å². The van der Waals surface area contributed by atoms with Gasteiger partial charge in [0.05, 0.1) is 19.3 Å². The maximum atomic E-state index is 5.86. The molecule has 0 aliphatic carbocycles. The molecule has 0 radical (unpaired) electrons. The van der Waals surface area contributed by atoms with E-state index < -0.39 is 0 Å². The molecular formula is C14H22N2O. The Labute approximate surface area is 104 Å². The summed E-state index contributed by atoms with van der Waals surface area (Å²) in [4.78, 5) is 2.44. The number of ether oxygens (including phenoxy) is 1. The predicted molar refractivity (Wildman–Crippen MR) is 71.3 cm³/mol. The van der Waals surface area contributed by atoms with Crippen molar-refractivity contribution in [3.05, 3.63) is 29.8 Å². The second-order valence-electron chi connectivity index (χ2n) is 4.71. The minimum atomic E-state index is 0.107. The first kappa shape index (κ1) is 12.4. The zero-order valence-electron chi connectivity index (χ0n) is 10.7. The van der Waals surface area contributed by atoms with Crippen LogP contribution in [0.15, 0.2) is 24.3 Å². The quantitative estimate of drug-likeness (QED) is 0.872. The molecule has 2 atom stereocenters. The number of nitrogens with two attached hydrogens (primary N) is 1. The highest BCUT2D eigenvalue weighted by Crippen LogP contribution is 2.23. The van der Waals surface area contributed by atoms with Crippen LogP contribution >= 0.6 is 0 Å². The lowest BCUT2D eigenvalue weighted by atomic mass is 10.1. The summed E-state index contributed by atoms with van der Waals surface area (Å²) in [6.07, 6.45) is 1.12. The van der Waals surface area contributed by atoms with Crippen molar-refractivity contribution in [1.82, 2.24) is 0 Å². The first-order valence-electron chi connectivity index (χ1n) is 6.42. The second kappa shape index (κ2) is 5.52. The molecule has 2 rings (SSSR count). The van der Waals surface area contributed by atoms with Gasteiger partial charge in [-0.2, -0.15) is 0 Å². The molecule has 0 saturated carbocycles. The number of hydrogen-bond donors (Lipinski definition) is 1. The Morgan fingerprint density at radius 3 is 2.71 bits per heavy atom. The van der Waals surface area contributed by atoms with E-state index in [0.717, 1.165) is 26.2 Å². The summed E-state index contributed by atoms with van der Waals surface area (Å²) in [6.45, 7) is 6.87. The molecule has 1 heterocycles. The maximum absolute atomic E-state index is 5.86. The summed E-state index contributed by atoms with van der Waals surface area (Å²) < 4.78 is 5.52. The third-order valence-corrected chi connectivity index (χ3v) is 3.45. The molecule has 3 nitrogen and oxygen atoms in total. The van der Waals surface area contributed by atoms with Gasteiger partial charge in [-0.1, -0.05) is 19.1 Å². The molecule has 1 aliphatic rings. The molecule has 17 heavy (non-hydrogen) atoms. The van der Waals surface area contributed by atoms with Crippen molar-refractivity contribution in [3.8, 4) is 0 Å². The fourth-order valence-electron chi connectivity index (χ4n) is 2.30. The van der Waals surface area contributed by atoms with Crippen molar-refractivity contribution < 1.29 is 4.74 Å². The van der Waals surface area contributed by atoms with Crippen LogP contribution < -0.4 is 10.6 Å². The van der Waals surface area contributed by atoms with Crippen molar-refractivity contribution in [2.75, 3.05) is 24.7 Å². The monoisotopic (exact) mass is 234 g/mol. The predicted octanol–water partition coefficient (Wildman–Crippen LogP) is 2.32. The van der Waals surface area contributed by atoms with Crippen LogP contribution in [0.5, 0.6) is 0 Å². The molecule has 3 heteroatoms. The van der Waals surface area contributed by atoms with E-state index in [0.29, 0.717) is 6.04 Å². The molecule has 1 fully saturated rings. The SMILES string of the molecule is CCC1COCCN1c1ccc(C(C)N)cc1. The number of hydrogen-bond acceptors (Lipinski definition) is 3. The van der Waals surface area contributed by atoms with E-state index in [9.17, 15) is 0 Å². The Balaban J connectivity index is 2.15. The molecular weight excluding hydrogens is 212 g/mol. The van der Waals surface area contributed by atoms with E-state index in [1.54, 1.807) is 0 Å². The van der Waals surface area contributed by atoms with Gasteiger partial charge in [0, 0.05) is 18.3 Å². The molecule has 0 aromatic heterocycles. The number of morpholine rings is 1. The van der Waals surface area contributed by atoms with Gasteiger partial charge in [-0.3, -0.25) is 0 Å². The summed E-state index contributed by atoms with van der Waals surface area (Å²) in [5.74, 6) is 0. The molecule has 1 aromatic rings. The highest BCUT2D eigenvalue weighted by atomic mass is 16.5. The lowest BCUT2D eigenvalue weighted by molar-refractivity contribution is 0.0930. The fourth-order valence-corrected chi connectivity index (χ4v) is 2.30. The maximum Gasteiger partial charge on any atom is 0.0670 e. The molecule has 1 aromatic carbocycles. The molecule has 94 valence electrons. The Kier molecular flexibility index (Phi) is 4.02. The Hall–Kier alpha value is -1.06. The van der Waals surface area contributed by atoms with Gasteiger partial charge in [-0.05, 0) is 31.0 Å². The summed E-state index contributed by atoms with van der Waals surface area (Å²) in [7, 11) is 0. The van der Waals surface area contributed by atoms with E-state index in [2.05, 4.69) is 36.1 Å². The molecule has 0 amide bonds. The van der Waals surface area contributed by atoms with Gasteiger partial charge in [0.1, 0.15) is 0 Å². The number of rotatable bonds is 3.